The van der Waals surface area contributed by atoms with Crippen LogP contribution in [0.5, 0.6) is 0 Å². The molecule has 0 spiro atoms. The second kappa shape index (κ2) is 11.8. The first-order chi connectivity index (χ1) is 19.3. The molecule has 0 bridgehead atoms. The molecule has 2 unspecified atom stereocenters. The molecule has 2 heterocycles. The molecule has 0 aliphatic carbocycles. The van der Waals surface area contributed by atoms with Crippen molar-refractivity contribution in [3.8, 4) is 6.07 Å². The fourth-order valence-electron chi connectivity index (χ4n) is 5.49. The molecule has 3 aromatic carbocycles. The summed E-state index contributed by atoms with van der Waals surface area (Å²) in [5.41, 5.74) is 9.98. The Morgan fingerprint density at radius 2 is 1.50 bits per heavy atom. The first-order valence-electron chi connectivity index (χ1n) is 13.1. The molecule has 40 heavy (non-hydrogen) atoms. The number of hydrazone groups is 1. The van der Waals surface area contributed by atoms with Crippen LogP contribution in [0, 0.1) is 17.2 Å². The Morgan fingerprint density at radius 1 is 1.00 bits per heavy atom. The number of fused-ring (bicyclic) bond motifs is 1. The number of nitrogens with one attached hydrogen (secondary N) is 1. The molecule has 5 atom stereocenters. The molecule has 2 saturated heterocycles. The topological polar surface area (TPSA) is 111 Å². The third-order valence-electron chi connectivity index (χ3n) is 7.10. The van der Waals surface area contributed by atoms with Crippen LogP contribution in [0.3, 0.4) is 0 Å². The van der Waals surface area contributed by atoms with Gasteiger partial charge < -0.3 is 24.7 Å². The number of thiocarbonyl (C=S) groups is 1. The number of hydrogen-bond acceptors (Lipinski definition) is 7. The molecule has 2 fully saturated rings. The summed E-state index contributed by atoms with van der Waals surface area (Å²) in [4.78, 5) is 0. The summed E-state index contributed by atoms with van der Waals surface area (Å²) in [6.07, 6.45) is -0.667. The van der Waals surface area contributed by atoms with E-state index >= 15 is 0 Å². The van der Waals surface area contributed by atoms with Crippen LogP contribution in [0.25, 0.3) is 0 Å². The number of hydrogen-bond donors (Lipinski definition) is 2. The summed E-state index contributed by atoms with van der Waals surface area (Å²) >= 11 is 4.81. The summed E-state index contributed by atoms with van der Waals surface area (Å²) in [6.45, 7) is 3.88. The minimum atomic E-state index is -0.924. The van der Waals surface area contributed by atoms with Crippen molar-refractivity contribution in [3.63, 3.8) is 0 Å². The van der Waals surface area contributed by atoms with Crippen LogP contribution in [-0.2, 0) is 24.5 Å². The highest BCUT2D eigenvalue weighted by Crippen LogP contribution is 2.44. The quantitative estimate of drug-likeness (QED) is 0.174. The van der Waals surface area contributed by atoms with Crippen LogP contribution in [0.1, 0.15) is 30.5 Å². The molecule has 5 rings (SSSR count). The highest BCUT2D eigenvalue weighted by atomic mass is 32.1. The molecule has 8 nitrogen and oxygen atoms in total. The maximum absolute atomic E-state index is 9.95. The van der Waals surface area contributed by atoms with Crippen molar-refractivity contribution in [1.82, 2.24) is 5.43 Å². The summed E-state index contributed by atoms with van der Waals surface area (Å²) in [5, 5.41) is 14.0. The zero-order valence-electron chi connectivity index (χ0n) is 22.3. The Morgan fingerprint density at radius 3 is 1.98 bits per heavy atom. The number of benzene rings is 3. The highest BCUT2D eigenvalue weighted by molar-refractivity contribution is 7.80. The average molecular weight is 557 g/mol. The number of rotatable bonds is 9. The second-order valence-electron chi connectivity index (χ2n) is 10.2. The van der Waals surface area contributed by atoms with E-state index in [0.29, 0.717) is 0 Å². The molecule has 0 saturated carbocycles. The van der Waals surface area contributed by atoms with E-state index < -0.39 is 41.7 Å². The van der Waals surface area contributed by atoms with Gasteiger partial charge in [0.05, 0.1) is 12.7 Å². The predicted octanol–water partition coefficient (Wildman–Crippen LogP) is 4.24. The Hall–Kier alpha value is -3.65. The molecular formula is C31H32N4O4S. The van der Waals surface area contributed by atoms with Gasteiger partial charge in [-0.25, -0.2) is 0 Å². The van der Waals surface area contributed by atoms with E-state index in [2.05, 4.69) is 53.0 Å². The van der Waals surface area contributed by atoms with Crippen molar-refractivity contribution < 1.29 is 18.9 Å². The van der Waals surface area contributed by atoms with Gasteiger partial charge in [-0.1, -0.05) is 91.0 Å². The monoisotopic (exact) mass is 556 g/mol. The lowest BCUT2D eigenvalue weighted by Gasteiger charge is -2.37. The van der Waals surface area contributed by atoms with Crippen LogP contribution in [0.2, 0.25) is 0 Å². The standard InChI is InChI=1S/C31H32N4O4S/c1-30(2)38-27-25(37-26(28(27)39-30)21(18-32)19-34-35-29(33)40)20-36-31(22-12-6-3-7-13-22,23-14-8-4-9-15-23)24-16-10-5-11-17-24/h3-17,19,21,25-28H,20H2,1-2H3,(H3,33,35,40)/b34-19+/t21?,25-,26?,27-,28+/m1/s1. The maximum Gasteiger partial charge on any atom is 0.184 e. The summed E-state index contributed by atoms with van der Waals surface area (Å²) in [7, 11) is 0. The van der Waals surface area contributed by atoms with Gasteiger partial charge in [0.1, 0.15) is 35.9 Å². The molecule has 206 valence electrons. The van der Waals surface area contributed by atoms with Gasteiger partial charge in [0.2, 0.25) is 0 Å². The van der Waals surface area contributed by atoms with Crippen LogP contribution in [0.4, 0.5) is 0 Å². The van der Waals surface area contributed by atoms with Gasteiger partial charge in [0.15, 0.2) is 10.9 Å². The number of nitrogens with zero attached hydrogens (tertiary/aromatic N) is 2. The molecule has 9 heteroatoms. The fourth-order valence-corrected chi connectivity index (χ4v) is 5.54. The van der Waals surface area contributed by atoms with E-state index in [1.165, 1.54) is 6.21 Å². The molecule has 0 aromatic heterocycles. The minimum absolute atomic E-state index is 0.00471. The second-order valence-corrected chi connectivity index (χ2v) is 10.6. The lowest BCUT2D eigenvalue weighted by Crippen LogP contribution is -2.39. The Bertz CT molecular complexity index is 1270. The average Bonchev–Trinajstić information content (AvgIpc) is 3.46. The van der Waals surface area contributed by atoms with Crippen LogP contribution in [-0.4, -0.2) is 48.1 Å². The number of nitrogens with two attached hydrogens (primary N) is 1. The fraction of sp³-hybridized carbons (Fsp3) is 0.323. The van der Waals surface area contributed by atoms with Crippen molar-refractivity contribution in [2.75, 3.05) is 6.61 Å². The normalized spacial score (nSPS) is 24.3. The Labute approximate surface area is 239 Å². The SMILES string of the molecule is CC1(C)O[C@@H]2[C@@H](COC(c3ccccc3)(c3ccccc3)c3ccccc3)OC(C(C#N)/C=N/NC(N)=S)[C@@H]2O1. The largest absolute Gasteiger partial charge is 0.375 e. The van der Waals surface area contributed by atoms with Gasteiger partial charge in [-0.2, -0.15) is 10.4 Å². The maximum atomic E-state index is 9.95. The summed E-state index contributed by atoms with van der Waals surface area (Å²) in [5.74, 6) is -1.59. The van der Waals surface area contributed by atoms with Crippen molar-refractivity contribution in [3.05, 3.63) is 108 Å². The summed E-state index contributed by atoms with van der Waals surface area (Å²) < 4.78 is 26.0. The van der Waals surface area contributed by atoms with E-state index in [0.717, 1.165) is 16.7 Å². The minimum Gasteiger partial charge on any atom is -0.375 e. The van der Waals surface area contributed by atoms with E-state index in [4.69, 9.17) is 36.9 Å². The van der Waals surface area contributed by atoms with Gasteiger partial charge in [-0.05, 0) is 42.8 Å². The lowest BCUT2D eigenvalue weighted by atomic mass is 9.80. The van der Waals surface area contributed by atoms with Crippen LogP contribution in [0.15, 0.2) is 96.1 Å². The summed E-state index contributed by atoms with van der Waals surface area (Å²) in [6, 6.07) is 32.6. The van der Waals surface area contributed by atoms with E-state index in [1.54, 1.807) is 0 Å². The van der Waals surface area contributed by atoms with Gasteiger partial charge >= 0.3 is 0 Å². The van der Waals surface area contributed by atoms with Gasteiger partial charge in [-0.3, -0.25) is 5.43 Å². The number of nitriles is 1. The first-order valence-corrected chi connectivity index (χ1v) is 13.5. The third kappa shape index (κ3) is 5.63. The predicted molar refractivity (Wildman–Crippen MR) is 155 cm³/mol. The Kier molecular flexibility index (Phi) is 8.26. The molecule has 3 aromatic rings. The van der Waals surface area contributed by atoms with Crippen LogP contribution < -0.4 is 11.2 Å². The van der Waals surface area contributed by atoms with E-state index in [9.17, 15) is 5.26 Å². The van der Waals surface area contributed by atoms with Crippen molar-refractivity contribution in [2.24, 2.45) is 16.8 Å². The Balaban J connectivity index is 1.50. The van der Waals surface area contributed by atoms with Crippen molar-refractivity contribution in [1.29, 1.82) is 5.26 Å². The highest BCUT2D eigenvalue weighted by Gasteiger charge is 2.57. The van der Waals surface area contributed by atoms with Gasteiger partial charge in [0.25, 0.3) is 0 Å². The molecule has 0 radical (unpaired) electrons. The zero-order valence-corrected chi connectivity index (χ0v) is 23.2. The first kappa shape index (κ1) is 27.9. The molecule has 0 amide bonds. The molecule has 2 aliphatic heterocycles. The zero-order chi connectivity index (χ0) is 28.2. The van der Waals surface area contributed by atoms with Gasteiger partial charge in [-0.15, -0.1) is 0 Å². The van der Waals surface area contributed by atoms with E-state index in [1.807, 2.05) is 68.4 Å². The van der Waals surface area contributed by atoms with Crippen LogP contribution >= 0.6 is 12.2 Å². The van der Waals surface area contributed by atoms with Gasteiger partial charge in [0, 0.05) is 6.21 Å². The lowest BCUT2D eigenvalue weighted by molar-refractivity contribution is -0.196. The molecular weight excluding hydrogens is 524 g/mol. The number of ether oxygens (including phenoxy) is 4. The smallest absolute Gasteiger partial charge is 0.184 e. The van der Waals surface area contributed by atoms with E-state index in [-0.39, 0.29) is 11.7 Å². The molecule has 3 N–H and O–H groups in total. The van der Waals surface area contributed by atoms with Crippen molar-refractivity contribution >= 4 is 23.5 Å². The third-order valence-corrected chi connectivity index (χ3v) is 7.19. The molecule has 2 aliphatic rings. The van der Waals surface area contributed by atoms with Crippen molar-refractivity contribution in [2.45, 2.75) is 49.7 Å².